The Morgan fingerprint density at radius 2 is 1.23 bits per heavy atom. The number of carbonyl (C=O) groups is 2. The van der Waals surface area contributed by atoms with Crippen molar-refractivity contribution in [3.63, 3.8) is 0 Å². The summed E-state index contributed by atoms with van der Waals surface area (Å²) in [5, 5.41) is 23.6. The lowest BCUT2D eigenvalue weighted by molar-refractivity contribution is -0.167. The molecule has 0 saturated carbocycles. The number of nitrogens with one attached hydrogen (secondary N) is 1. The molecule has 0 aliphatic rings. The van der Waals surface area contributed by atoms with Crippen molar-refractivity contribution in [2.75, 3.05) is 0 Å². The van der Waals surface area contributed by atoms with Crippen LogP contribution in [0.3, 0.4) is 0 Å². The predicted octanol–water partition coefficient (Wildman–Crippen LogP) is 6.20. The number of esters is 1. The van der Waals surface area contributed by atoms with Crippen molar-refractivity contribution in [3.8, 4) is 0 Å². The highest BCUT2D eigenvalue weighted by Gasteiger charge is 2.36. The topological polar surface area (TPSA) is 105 Å². The Morgan fingerprint density at radius 3 is 1.69 bits per heavy atom. The first-order chi connectivity index (χ1) is 16.3. The Bertz CT molecular complexity index is 606. The third-order valence-electron chi connectivity index (χ3n) is 5.35. The first kappa shape index (κ1) is 33.4. The maximum absolute atomic E-state index is 12.4. The summed E-state index contributed by atoms with van der Waals surface area (Å²) in [5.41, 5.74) is -1.58. The van der Waals surface area contributed by atoms with Crippen LogP contribution in [0.5, 0.6) is 0 Å². The van der Waals surface area contributed by atoms with E-state index in [0.717, 1.165) is 19.3 Å². The zero-order valence-corrected chi connectivity index (χ0v) is 23.4. The van der Waals surface area contributed by atoms with Crippen molar-refractivity contribution < 1.29 is 29.3 Å². The van der Waals surface area contributed by atoms with Gasteiger partial charge in [0.1, 0.15) is 11.2 Å². The van der Waals surface area contributed by atoms with E-state index in [2.05, 4.69) is 12.2 Å². The molecule has 0 rings (SSSR count). The zero-order chi connectivity index (χ0) is 26.9. The van der Waals surface area contributed by atoms with Crippen LogP contribution in [0.15, 0.2) is 12.2 Å². The lowest BCUT2D eigenvalue weighted by Gasteiger charge is -2.29. The summed E-state index contributed by atoms with van der Waals surface area (Å²) in [7, 11) is 0. The van der Waals surface area contributed by atoms with E-state index in [1.165, 1.54) is 63.9 Å². The smallest absolute Gasteiger partial charge is 0.408 e. The first-order valence-electron chi connectivity index (χ1n) is 13.5. The molecule has 0 spiro atoms. The summed E-state index contributed by atoms with van der Waals surface area (Å²) < 4.78 is 10.4. The Hall–Kier alpha value is -1.60. The Kier molecular flexibility index (Phi) is 17.0. The molecule has 0 aromatic rings. The molecular formula is C28H53NO6. The molecule has 7 nitrogen and oxygen atoms in total. The summed E-state index contributed by atoms with van der Waals surface area (Å²) in [5.74, 6) is -0.920. The van der Waals surface area contributed by atoms with Gasteiger partial charge in [-0.2, -0.15) is 0 Å². The van der Waals surface area contributed by atoms with Crippen molar-refractivity contribution in [1.82, 2.24) is 5.32 Å². The Labute approximate surface area is 214 Å². The molecule has 0 aliphatic carbocycles. The summed E-state index contributed by atoms with van der Waals surface area (Å²) in [6.45, 7) is 12.4. The quantitative estimate of drug-likeness (QED) is 0.125. The number of amides is 1. The molecule has 0 aromatic heterocycles. The number of aliphatic hydroxyl groups excluding tert-OH is 2. The lowest BCUT2D eigenvalue weighted by Crippen LogP contribution is -2.55. The number of hydrogen-bond acceptors (Lipinski definition) is 6. The van der Waals surface area contributed by atoms with Gasteiger partial charge >= 0.3 is 12.1 Å². The number of aliphatic hydroxyl groups is 2. The van der Waals surface area contributed by atoms with Crippen LogP contribution in [0.4, 0.5) is 4.79 Å². The van der Waals surface area contributed by atoms with Gasteiger partial charge in [-0.1, -0.05) is 83.3 Å². The molecule has 7 heteroatoms. The molecule has 0 aliphatic heterocycles. The normalized spacial score (nSPS) is 15.0. The fourth-order valence-corrected chi connectivity index (χ4v) is 3.59. The molecule has 0 heterocycles. The average Bonchev–Trinajstić information content (AvgIpc) is 2.72. The Balaban J connectivity index is 4.58. The van der Waals surface area contributed by atoms with E-state index in [0.29, 0.717) is 0 Å². The second kappa shape index (κ2) is 17.8. The van der Waals surface area contributed by atoms with E-state index in [1.54, 1.807) is 41.5 Å². The molecule has 3 N–H and O–H groups in total. The molecule has 35 heavy (non-hydrogen) atoms. The zero-order valence-electron chi connectivity index (χ0n) is 23.4. The van der Waals surface area contributed by atoms with Crippen LogP contribution in [-0.4, -0.2) is 51.7 Å². The number of rotatable bonds is 17. The second-order valence-corrected chi connectivity index (χ2v) is 11.4. The number of unbranched alkanes of at least 4 members (excludes halogenated alkanes) is 11. The summed E-state index contributed by atoms with van der Waals surface area (Å²) in [4.78, 5) is 24.6. The van der Waals surface area contributed by atoms with Crippen molar-refractivity contribution in [3.05, 3.63) is 12.2 Å². The molecule has 0 fully saturated rings. The maximum Gasteiger partial charge on any atom is 0.408 e. The van der Waals surface area contributed by atoms with Gasteiger partial charge in [0.25, 0.3) is 0 Å². The third kappa shape index (κ3) is 19.3. The van der Waals surface area contributed by atoms with Crippen molar-refractivity contribution in [2.45, 2.75) is 155 Å². The van der Waals surface area contributed by atoms with E-state index >= 15 is 0 Å². The monoisotopic (exact) mass is 499 g/mol. The summed E-state index contributed by atoms with van der Waals surface area (Å²) in [6, 6.07) is -1.30. The third-order valence-corrected chi connectivity index (χ3v) is 5.35. The fraction of sp³-hybridized carbons (Fsp3) is 0.857. The standard InChI is InChI=1S/C28H53NO6/c1-8-9-10-11-12-13-14-15-16-17-18-19-20-21-22(30)23(29-26(33)35-28(5,6)7)24(31)25(32)34-27(2,3)4/h20-24,30-31H,8-19H2,1-7H3,(H,29,33)/b21-20+/t22-,23-,24?/m1/s1. The molecule has 3 atom stereocenters. The second-order valence-electron chi connectivity index (χ2n) is 11.4. The molecule has 206 valence electrons. The van der Waals surface area contributed by atoms with Crippen LogP contribution < -0.4 is 5.32 Å². The number of hydrogen-bond donors (Lipinski definition) is 3. The lowest BCUT2D eigenvalue weighted by atomic mass is 10.0. The van der Waals surface area contributed by atoms with Gasteiger partial charge in [-0.3, -0.25) is 0 Å². The van der Waals surface area contributed by atoms with Gasteiger partial charge in [0.15, 0.2) is 6.10 Å². The van der Waals surface area contributed by atoms with Crippen molar-refractivity contribution in [1.29, 1.82) is 0 Å². The predicted molar refractivity (Wildman–Crippen MR) is 141 cm³/mol. The van der Waals surface area contributed by atoms with E-state index in [4.69, 9.17) is 9.47 Å². The highest BCUT2D eigenvalue weighted by molar-refractivity contribution is 5.77. The molecule has 1 amide bonds. The van der Waals surface area contributed by atoms with Crippen LogP contribution in [0.2, 0.25) is 0 Å². The largest absolute Gasteiger partial charge is 0.458 e. The van der Waals surface area contributed by atoms with Gasteiger partial charge in [-0.25, -0.2) is 9.59 Å². The van der Waals surface area contributed by atoms with Crippen LogP contribution in [0, 0.1) is 0 Å². The van der Waals surface area contributed by atoms with E-state index in [1.807, 2.05) is 6.08 Å². The van der Waals surface area contributed by atoms with Crippen LogP contribution in [0.1, 0.15) is 126 Å². The van der Waals surface area contributed by atoms with E-state index in [9.17, 15) is 19.8 Å². The minimum atomic E-state index is -1.75. The minimum absolute atomic E-state index is 0.763. The van der Waals surface area contributed by atoms with E-state index in [-0.39, 0.29) is 0 Å². The van der Waals surface area contributed by atoms with Gasteiger partial charge in [-0.05, 0) is 54.4 Å². The maximum atomic E-state index is 12.4. The van der Waals surface area contributed by atoms with Gasteiger partial charge in [0.05, 0.1) is 12.1 Å². The van der Waals surface area contributed by atoms with Crippen molar-refractivity contribution >= 4 is 12.1 Å². The van der Waals surface area contributed by atoms with Crippen LogP contribution >= 0.6 is 0 Å². The minimum Gasteiger partial charge on any atom is -0.458 e. The van der Waals surface area contributed by atoms with E-state index < -0.39 is 41.5 Å². The molecule has 0 aromatic carbocycles. The Morgan fingerprint density at radius 1 is 0.771 bits per heavy atom. The number of allylic oxidation sites excluding steroid dienone is 1. The summed E-state index contributed by atoms with van der Waals surface area (Å²) >= 11 is 0. The molecule has 0 saturated heterocycles. The number of alkyl carbamates (subject to hydrolysis) is 1. The first-order valence-corrected chi connectivity index (χ1v) is 13.5. The molecule has 1 unspecified atom stereocenters. The molecule has 0 bridgehead atoms. The van der Waals surface area contributed by atoms with Gasteiger partial charge in [0.2, 0.25) is 0 Å². The van der Waals surface area contributed by atoms with Crippen molar-refractivity contribution in [2.24, 2.45) is 0 Å². The number of ether oxygens (including phenoxy) is 2. The average molecular weight is 500 g/mol. The van der Waals surface area contributed by atoms with Gasteiger partial charge in [0, 0.05) is 0 Å². The highest BCUT2D eigenvalue weighted by Crippen LogP contribution is 2.15. The summed E-state index contributed by atoms with van der Waals surface area (Å²) in [6.07, 6.45) is 14.1. The highest BCUT2D eigenvalue weighted by atomic mass is 16.6. The molecular weight excluding hydrogens is 446 g/mol. The fourth-order valence-electron chi connectivity index (χ4n) is 3.59. The van der Waals surface area contributed by atoms with Gasteiger partial charge in [-0.15, -0.1) is 0 Å². The van der Waals surface area contributed by atoms with Crippen LogP contribution in [-0.2, 0) is 14.3 Å². The van der Waals surface area contributed by atoms with Gasteiger partial charge < -0.3 is 25.0 Å². The van der Waals surface area contributed by atoms with Crippen LogP contribution in [0.25, 0.3) is 0 Å². The number of carbonyl (C=O) groups excluding carboxylic acids is 2. The molecule has 0 radical (unpaired) electrons. The SMILES string of the molecule is CCCCCCCCCCCCC/C=C/[C@@H](O)[C@@H](NC(=O)OC(C)(C)C)C(O)C(=O)OC(C)(C)C.